The molecule has 9 nitrogen and oxygen atoms in total. The van der Waals surface area contributed by atoms with E-state index in [-0.39, 0.29) is 23.8 Å². The highest BCUT2D eigenvalue weighted by Crippen LogP contribution is 2.18. The van der Waals surface area contributed by atoms with E-state index in [0.29, 0.717) is 35.6 Å². The summed E-state index contributed by atoms with van der Waals surface area (Å²) in [6.07, 6.45) is 0.126. The quantitative estimate of drug-likeness (QED) is 0.597. The first-order valence-corrected chi connectivity index (χ1v) is 9.85. The summed E-state index contributed by atoms with van der Waals surface area (Å²) < 4.78 is 8.49. The van der Waals surface area contributed by atoms with Crippen LogP contribution in [0.3, 0.4) is 0 Å². The van der Waals surface area contributed by atoms with Gasteiger partial charge in [0.2, 0.25) is 5.78 Å². The maximum Gasteiger partial charge on any atom is 0.308 e. The Morgan fingerprint density at radius 2 is 2.11 bits per heavy atom. The number of amides is 1. The maximum absolute atomic E-state index is 12.6. The Morgan fingerprint density at radius 1 is 1.29 bits per heavy atom. The van der Waals surface area contributed by atoms with E-state index in [4.69, 9.17) is 4.74 Å². The molecule has 1 saturated heterocycles. The molecule has 0 bridgehead atoms. The normalized spacial score (nSPS) is 14.4. The highest BCUT2D eigenvalue weighted by atomic mass is 32.2. The van der Waals surface area contributed by atoms with Crippen molar-refractivity contribution in [2.24, 2.45) is 7.05 Å². The van der Waals surface area contributed by atoms with Crippen LogP contribution in [0.5, 0.6) is 0 Å². The zero-order valence-corrected chi connectivity index (χ0v) is 16.4. The minimum absolute atomic E-state index is 0.000990. The van der Waals surface area contributed by atoms with E-state index >= 15 is 0 Å². The first kappa shape index (κ1) is 18.5. The maximum atomic E-state index is 12.6. The van der Waals surface area contributed by atoms with Crippen molar-refractivity contribution in [1.82, 2.24) is 24.1 Å². The van der Waals surface area contributed by atoms with Gasteiger partial charge >= 0.3 is 5.97 Å². The molecule has 4 rings (SSSR count). The number of hydrogen-bond donors (Lipinski definition) is 0. The summed E-state index contributed by atoms with van der Waals surface area (Å²) in [7, 11) is 1.63. The second-order valence-corrected chi connectivity index (χ2v) is 7.69. The first-order valence-electron chi connectivity index (χ1n) is 8.86. The Balaban J connectivity index is 1.56. The molecule has 0 radical (unpaired) electrons. The zero-order chi connectivity index (χ0) is 19.8. The molecule has 1 amide bonds. The highest BCUT2D eigenvalue weighted by Gasteiger charge is 2.22. The van der Waals surface area contributed by atoms with Crippen LogP contribution < -0.4 is 5.56 Å². The molecule has 0 spiro atoms. The molecule has 1 fully saturated rings. The van der Waals surface area contributed by atoms with Crippen molar-refractivity contribution in [3.8, 4) is 0 Å². The number of aromatic nitrogens is 4. The van der Waals surface area contributed by atoms with Gasteiger partial charge < -0.3 is 9.64 Å². The Kier molecular flexibility index (Phi) is 4.80. The number of hydrogen-bond acceptors (Lipinski definition) is 7. The molecule has 0 saturated carbocycles. The average Bonchev–Trinajstić information content (AvgIpc) is 3.29. The first-order chi connectivity index (χ1) is 13.5. The van der Waals surface area contributed by atoms with Gasteiger partial charge in [-0.15, -0.1) is 10.2 Å². The third-order valence-electron chi connectivity index (χ3n) is 4.73. The number of rotatable bonds is 5. The highest BCUT2D eigenvalue weighted by molar-refractivity contribution is 8.13. The summed E-state index contributed by atoms with van der Waals surface area (Å²) >= 11 is 1.26. The van der Waals surface area contributed by atoms with E-state index in [1.807, 2.05) is 25.1 Å². The fourth-order valence-corrected chi connectivity index (χ4v) is 4.08. The lowest BCUT2D eigenvalue weighted by atomic mass is 10.1. The molecule has 0 aliphatic carbocycles. The minimum Gasteiger partial charge on any atom is -0.457 e. The third kappa shape index (κ3) is 3.24. The molecule has 1 aromatic carbocycles. The molecule has 3 heterocycles. The fourth-order valence-electron chi connectivity index (χ4n) is 3.22. The number of esters is 1. The second kappa shape index (κ2) is 7.27. The Bertz CT molecular complexity index is 1150. The van der Waals surface area contributed by atoms with Gasteiger partial charge in [0.25, 0.3) is 10.8 Å². The van der Waals surface area contributed by atoms with Gasteiger partial charge in [0, 0.05) is 25.9 Å². The number of benzene rings is 1. The number of nitrogens with zero attached hydrogens (tertiary/aromatic N) is 5. The largest absolute Gasteiger partial charge is 0.457 e. The predicted molar refractivity (Wildman–Crippen MR) is 104 cm³/mol. The lowest BCUT2D eigenvalue weighted by molar-refractivity contribution is -0.145. The van der Waals surface area contributed by atoms with Crippen LogP contribution in [-0.2, 0) is 23.2 Å². The number of carbonyl (C=O) groups is 2. The van der Waals surface area contributed by atoms with Crippen molar-refractivity contribution < 1.29 is 14.3 Å². The lowest BCUT2D eigenvalue weighted by Crippen LogP contribution is -2.26. The van der Waals surface area contributed by atoms with Gasteiger partial charge in [0.1, 0.15) is 0 Å². The summed E-state index contributed by atoms with van der Waals surface area (Å²) in [5.41, 5.74) is 1.48. The van der Waals surface area contributed by atoms with E-state index in [9.17, 15) is 14.4 Å². The van der Waals surface area contributed by atoms with Gasteiger partial charge in [0.15, 0.2) is 12.4 Å². The van der Waals surface area contributed by atoms with Crippen molar-refractivity contribution in [2.45, 2.75) is 20.0 Å². The molecule has 1 aliphatic heterocycles. The summed E-state index contributed by atoms with van der Waals surface area (Å²) in [6.45, 7) is 2.86. The van der Waals surface area contributed by atoms with Crippen LogP contribution in [0.15, 0.2) is 23.0 Å². The number of fused-ring (bicyclic) bond motifs is 3. The van der Waals surface area contributed by atoms with E-state index in [2.05, 4.69) is 10.2 Å². The molecular weight excluding hydrogens is 382 g/mol. The molecule has 1 aliphatic rings. The van der Waals surface area contributed by atoms with Crippen LogP contribution in [0.25, 0.3) is 16.7 Å². The van der Waals surface area contributed by atoms with E-state index < -0.39 is 5.97 Å². The third-order valence-corrected chi connectivity index (χ3v) is 5.63. The van der Waals surface area contributed by atoms with Crippen LogP contribution in [0.2, 0.25) is 0 Å². The molecule has 0 atom stereocenters. The Morgan fingerprint density at radius 3 is 2.86 bits per heavy atom. The van der Waals surface area contributed by atoms with Gasteiger partial charge in [-0.05, 0) is 19.1 Å². The summed E-state index contributed by atoms with van der Waals surface area (Å²) in [4.78, 5) is 37.9. The summed E-state index contributed by atoms with van der Waals surface area (Å²) in [5, 5.41) is 8.72. The lowest BCUT2D eigenvalue weighted by Gasteiger charge is -2.13. The SMILES string of the molecule is Cc1ccc2c(c1)c(=O)n(C)c1nnc(COC(=O)CCN3CCSC3=O)n21. The van der Waals surface area contributed by atoms with Crippen LogP contribution in [0.4, 0.5) is 4.79 Å². The Hall–Kier alpha value is -2.88. The predicted octanol–water partition coefficient (Wildman–Crippen LogP) is 1.49. The molecule has 0 N–H and O–H groups in total. The van der Waals surface area contributed by atoms with Gasteiger partial charge in [-0.25, -0.2) is 0 Å². The molecule has 10 heteroatoms. The van der Waals surface area contributed by atoms with Crippen molar-refractivity contribution in [2.75, 3.05) is 18.8 Å². The van der Waals surface area contributed by atoms with Gasteiger partial charge in [0.05, 0.1) is 17.3 Å². The number of ether oxygens (including phenoxy) is 1. The number of carbonyl (C=O) groups excluding carboxylic acids is 2. The molecule has 2 aromatic heterocycles. The molecule has 28 heavy (non-hydrogen) atoms. The molecule has 3 aromatic rings. The van der Waals surface area contributed by atoms with Crippen molar-refractivity contribution >= 4 is 39.7 Å². The van der Waals surface area contributed by atoms with Crippen molar-refractivity contribution in [3.63, 3.8) is 0 Å². The summed E-state index contributed by atoms with van der Waals surface area (Å²) in [6, 6.07) is 5.56. The fraction of sp³-hybridized carbons (Fsp3) is 0.389. The van der Waals surface area contributed by atoms with Crippen LogP contribution >= 0.6 is 11.8 Å². The van der Waals surface area contributed by atoms with Crippen molar-refractivity contribution in [1.29, 1.82) is 0 Å². The van der Waals surface area contributed by atoms with E-state index in [0.717, 1.165) is 11.3 Å². The molecular formula is C18H19N5O4S. The number of aryl methyl sites for hydroxylation is 2. The zero-order valence-electron chi connectivity index (χ0n) is 15.5. The van der Waals surface area contributed by atoms with E-state index in [1.54, 1.807) is 16.3 Å². The topological polar surface area (TPSA) is 98.8 Å². The summed E-state index contributed by atoms with van der Waals surface area (Å²) in [5.74, 6) is 1.16. The second-order valence-electron chi connectivity index (χ2n) is 6.65. The smallest absolute Gasteiger partial charge is 0.308 e. The number of thioether (sulfide) groups is 1. The van der Waals surface area contributed by atoms with Crippen LogP contribution in [-0.4, -0.2) is 54.1 Å². The van der Waals surface area contributed by atoms with Crippen LogP contribution in [0, 0.1) is 6.92 Å². The molecule has 146 valence electrons. The monoisotopic (exact) mass is 401 g/mol. The standard InChI is InChI=1S/C18H19N5O4S/c1-11-3-4-13-12(9-11)16(25)21(2)17-20-19-14(23(13)17)10-27-15(24)5-6-22-7-8-28-18(22)26/h3-4,9H,5-8,10H2,1-2H3. The van der Waals surface area contributed by atoms with Gasteiger partial charge in [-0.1, -0.05) is 23.4 Å². The van der Waals surface area contributed by atoms with Gasteiger partial charge in [-0.3, -0.25) is 23.4 Å². The van der Waals surface area contributed by atoms with E-state index in [1.165, 1.54) is 16.3 Å². The molecule has 0 unspecified atom stereocenters. The van der Waals surface area contributed by atoms with Gasteiger partial charge in [-0.2, -0.15) is 0 Å². The average molecular weight is 401 g/mol. The Labute approximate surface area is 164 Å². The van der Waals surface area contributed by atoms with Crippen LogP contribution in [0.1, 0.15) is 17.8 Å². The minimum atomic E-state index is -0.411. The van der Waals surface area contributed by atoms with Crippen molar-refractivity contribution in [3.05, 3.63) is 39.9 Å².